The number of rotatable bonds is 1. The lowest BCUT2D eigenvalue weighted by Gasteiger charge is -2.36. The topological polar surface area (TPSA) is 0 Å². The molecule has 4 aliphatic carbocycles. The van der Waals surface area contributed by atoms with Crippen LogP contribution in [0.4, 0.5) is 0 Å². The maximum atomic E-state index is 2.35. The van der Waals surface area contributed by atoms with Crippen LogP contribution in [0.5, 0.6) is 0 Å². The molecule has 0 N–H and O–H groups in total. The molecule has 0 radical (unpaired) electrons. The average Bonchev–Trinajstić information content (AvgIpc) is 2.44. The van der Waals surface area contributed by atoms with Gasteiger partial charge in [-0.3, -0.25) is 0 Å². The van der Waals surface area contributed by atoms with Gasteiger partial charge in [-0.05, 0) is 46.3 Å². The van der Waals surface area contributed by atoms with Crippen LogP contribution in [-0.4, -0.2) is 0 Å². The Morgan fingerprint density at radius 3 is 2.89 bits per heavy atom. The highest BCUT2D eigenvalue weighted by molar-refractivity contribution is 5.68. The maximum absolute atomic E-state index is 2.35. The Morgan fingerprint density at radius 2 is 2.00 bits per heavy atom. The van der Waals surface area contributed by atoms with Gasteiger partial charge >= 0.3 is 0 Å². The molecule has 0 saturated heterocycles. The van der Waals surface area contributed by atoms with Crippen LogP contribution in [0, 0.1) is 5.92 Å². The summed E-state index contributed by atoms with van der Waals surface area (Å²) in [7, 11) is 0. The van der Waals surface area contributed by atoms with Crippen molar-refractivity contribution >= 4 is 0 Å². The lowest BCUT2D eigenvalue weighted by atomic mass is 9.67. The molecule has 0 aromatic rings. The van der Waals surface area contributed by atoms with Crippen LogP contribution >= 0.6 is 0 Å². The molecule has 88 valence electrons. The molecule has 0 aliphatic heterocycles. The number of hydrogen-bond acceptors (Lipinski definition) is 0. The Bertz CT molecular complexity index is 640. The highest BCUT2D eigenvalue weighted by atomic mass is 14.4. The standard InChI is InChI=1S/C18H16/c1-2-12-6-7-15-9-8-13-4-3-5-14-10-11-16(12)18(15)17(13)14/h3-4,6-11,18H,2,5H2,1H3. The van der Waals surface area contributed by atoms with E-state index < -0.39 is 0 Å². The van der Waals surface area contributed by atoms with E-state index in [0.717, 1.165) is 12.8 Å². The third kappa shape index (κ3) is 1.21. The monoisotopic (exact) mass is 232 g/mol. The Labute approximate surface area is 108 Å². The minimum Gasteiger partial charge on any atom is -0.0795 e. The van der Waals surface area contributed by atoms with E-state index >= 15 is 0 Å². The first-order valence-electron chi connectivity index (χ1n) is 6.79. The molecule has 1 unspecified atom stereocenters. The quantitative estimate of drug-likeness (QED) is 0.621. The fraction of sp³-hybridized carbons (Fsp3) is 0.222. The minimum absolute atomic E-state index is 0.509. The minimum atomic E-state index is 0.509. The summed E-state index contributed by atoms with van der Waals surface area (Å²) < 4.78 is 0. The first kappa shape index (κ1) is 10.1. The molecule has 1 atom stereocenters. The first-order valence-corrected chi connectivity index (χ1v) is 6.79. The van der Waals surface area contributed by atoms with Gasteiger partial charge in [0.25, 0.3) is 0 Å². The van der Waals surface area contributed by atoms with Crippen LogP contribution in [0.2, 0.25) is 0 Å². The molecule has 4 rings (SSSR count). The van der Waals surface area contributed by atoms with Gasteiger partial charge in [-0.15, -0.1) is 0 Å². The maximum Gasteiger partial charge on any atom is 0.0351 e. The SMILES string of the molecule is CCC1=C2C=CC3=C4C(=CC=C(C=C1)C24)C=CC3. The highest BCUT2D eigenvalue weighted by Crippen LogP contribution is 2.47. The molecule has 0 fully saturated rings. The van der Waals surface area contributed by atoms with Gasteiger partial charge in [0.15, 0.2) is 0 Å². The molecule has 0 saturated carbocycles. The summed E-state index contributed by atoms with van der Waals surface area (Å²) in [5.41, 5.74) is 8.95. The van der Waals surface area contributed by atoms with Gasteiger partial charge < -0.3 is 0 Å². The van der Waals surface area contributed by atoms with E-state index in [0.29, 0.717) is 5.92 Å². The molecule has 0 amide bonds. The van der Waals surface area contributed by atoms with E-state index in [9.17, 15) is 0 Å². The fourth-order valence-electron chi connectivity index (χ4n) is 3.48. The van der Waals surface area contributed by atoms with E-state index in [1.54, 1.807) is 5.57 Å². The number of hydrogen-bond donors (Lipinski definition) is 0. The van der Waals surface area contributed by atoms with Crippen molar-refractivity contribution in [2.24, 2.45) is 5.92 Å². The summed E-state index contributed by atoms with van der Waals surface area (Å²) in [6.07, 6.45) is 20.6. The Balaban J connectivity index is 1.99. The summed E-state index contributed by atoms with van der Waals surface area (Å²) in [6, 6.07) is 0. The molecular formula is C18H16. The Morgan fingerprint density at radius 1 is 1.06 bits per heavy atom. The van der Waals surface area contributed by atoms with Crippen LogP contribution in [0.25, 0.3) is 0 Å². The van der Waals surface area contributed by atoms with Crippen molar-refractivity contribution in [3.05, 3.63) is 82.0 Å². The van der Waals surface area contributed by atoms with Gasteiger partial charge in [0.2, 0.25) is 0 Å². The Hall–Kier alpha value is -1.82. The van der Waals surface area contributed by atoms with E-state index in [1.807, 2.05) is 0 Å². The van der Waals surface area contributed by atoms with Crippen molar-refractivity contribution in [3.63, 3.8) is 0 Å². The molecule has 0 aromatic heterocycles. The van der Waals surface area contributed by atoms with Crippen LogP contribution in [0.3, 0.4) is 0 Å². The van der Waals surface area contributed by atoms with Gasteiger partial charge in [0, 0.05) is 5.92 Å². The summed E-state index contributed by atoms with van der Waals surface area (Å²) in [5.74, 6) is 0.509. The Kier molecular flexibility index (Phi) is 2.02. The lowest BCUT2D eigenvalue weighted by molar-refractivity contribution is 0.816. The molecule has 0 heterocycles. The third-order valence-corrected chi connectivity index (χ3v) is 4.37. The molecule has 0 nitrogen and oxygen atoms in total. The van der Waals surface area contributed by atoms with Crippen LogP contribution < -0.4 is 0 Å². The van der Waals surface area contributed by atoms with Crippen molar-refractivity contribution in [1.29, 1.82) is 0 Å². The van der Waals surface area contributed by atoms with Gasteiger partial charge in [-0.2, -0.15) is 0 Å². The molecule has 0 bridgehead atoms. The normalized spacial score (nSPS) is 27.3. The zero-order valence-electron chi connectivity index (χ0n) is 10.6. The van der Waals surface area contributed by atoms with Crippen molar-refractivity contribution in [1.82, 2.24) is 0 Å². The second-order valence-electron chi connectivity index (χ2n) is 5.27. The van der Waals surface area contributed by atoms with Crippen LogP contribution in [-0.2, 0) is 0 Å². The van der Waals surface area contributed by atoms with Gasteiger partial charge in [0.05, 0.1) is 0 Å². The van der Waals surface area contributed by atoms with Gasteiger partial charge in [-0.1, -0.05) is 55.5 Å². The van der Waals surface area contributed by atoms with Crippen molar-refractivity contribution in [2.45, 2.75) is 19.8 Å². The number of allylic oxidation sites excluding steroid dienone is 14. The molecule has 18 heavy (non-hydrogen) atoms. The summed E-state index contributed by atoms with van der Waals surface area (Å²) in [5, 5.41) is 0. The van der Waals surface area contributed by atoms with E-state index in [4.69, 9.17) is 0 Å². The highest BCUT2D eigenvalue weighted by Gasteiger charge is 2.33. The van der Waals surface area contributed by atoms with Crippen LogP contribution in [0.1, 0.15) is 19.8 Å². The largest absolute Gasteiger partial charge is 0.0795 e. The van der Waals surface area contributed by atoms with E-state index in [2.05, 4.69) is 55.5 Å². The molecule has 0 heteroatoms. The predicted molar refractivity (Wildman–Crippen MR) is 76.0 cm³/mol. The molecule has 0 spiro atoms. The smallest absolute Gasteiger partial charge is 0.0351 e. The summed E-state index contributed by atoms with van der Waals surface area (Å²) in [4.78, 5) is 0. The van der Waals surface area contributed by atoms with E-state index in [1.165, 1.54) is 27.9 Å². The van der Waals surface area contributed by atoms with Crippen molar-refractivity contribution in [3.8, 4) is 0 Å². The second-order valence-corrected chi connectivity index (χ2v) is 5.27. The predicted octanol–water partition coefficient (Wildman–Crippen LogP) is 4.57. The fourth-order valence-corrected chi connectivity index (χ4v) is 3.48. The summed E-state index contributed by atoms with van der Waals surface area (Å²) in [6.45, 7) is 2.25. The zero-order valence-corrected chi connectivity index (χ0v) is 10.6. The average molecular weight is 232 g/mol. The van der Waals surface area contributed by atoms with E-state index in [-0.39, 0.29) is 0 Å². The lowest BCUT2D eigenvalue weighted by Crippen LogP contribution is -2.21. The van der Waals surface area contributed by atoms with Crippen LogP contribution in [0.15, 0.2) is 82.0 Å². The zero-order chi connectivity index (χ0) is 12.1. The van der Waals surface area contributed by atoms with Crippen molar-refractivity contribution in [2.75, 3.05) is 0 Å². The molecule has 4 aliphatic rings. The first-order chi connectivity index (χ1) is 8.88. The molecular weight excluding hydrogens is 216 g/mol. The third-order valence-electron chi connectivity index (χ3n) is 4.37. The van der Waals surface area contributed by atoms with Gasteiger partial charge in [-0.25, -0.2) is 0 Å². The molecule has 0 aromatic carbocycles. The second kappa shape index (κ2) is 3.58. The van der Waals surface area contributed by atoms with Gasteiger partial charge in [0.1, 0.15) is 0 Å². The summed E-state index contributed by atoms with van der Waals surface area (Å²) >= 11 is 0. The van der Waals surface area contributed by atoms with Crippen molar-refractivity contribution < 1.29 is 0 Å².